The van der Waals surface area contributed by atoms with Gasteiger partial charge in [0, 0.05) is 19.0 Å². The summed E-state index contributed by atoms with van der Waals surface area (Å²) in [5.41, 5.74) is 6.40. The Morgan fingerprint density at radius 3 is 2.29 bits per heavy atom. The third kappa shape index (κ3) is 3.66. The average Bonchev–Trinajstić information content (AvgIpc) is 3.07. The van der Waals surface area contributed by atoms with Crippen molar-refractivity contribution in [3.63, 3.8) is 0 Å². The van der Waals surface area contributed by atoms with Crippen molar-refractivity contribution in [3.8, 4) is 0 Å². The number of aliphatic hydroxyl groups excluding tert-OH is 1. The molecule has 1 heterocycles. The van der Waals surface area contributed by atoms with E-state index in [4.69, 9.17) is 0 Å². The maximum Gasteiger partial charge on any atom is 0.123 e. The zero-order valence-electron chi connectivity index (χ0n) is 17.0. The molecule has 1 aliphatic heterocycles. The molecule has 2 atom stereocenters. The molecule has 0 amide bonds. The predicted molar refractivity (Wildman–Crippen MR) is 113 cm³/mol. The SMILES string of the molecule is CC(C)c1ccc2c(c1)C(C1CCN(C(C)O)CC1)C=C2c1ccc(F)cc1. The van der Waals surface area contributed by atoms with Crippen molar-refractivity contribution < 1.29 is 9.50 Å². The predicted octanol–water partition coefficient (Wildman–Crippen LogP) is 5.53. The summed E-state index contributed by atoms with van der Waals surface area (Å²) in [4.78, 5) is 2.15. The van der Waals surface area contributed by atoms with E-state index in [9.17, 15) is 9.50 Å². The fraction of sp³-hybridized carbons (Fsp3) is 0.440. The third-order valence-corrected chi connectivity index (χ3v) is 6.50. The van der Waals surface area contributed by atoms with Crippen molar-refractivity contribution >= 4 is 5.57 Å². The molecule has 28 heavy (non-hydrogen) atoms. The van der Waals surface area contributed by atoms with Crippen molar-refractivity contribution in [2.45, 2.75) is 51.7 Å². The van der Waals surface area contributed by atoms with Gasteiger partial charge in [-0.25, -0.2) is 4.39 Å². The van der Waals surface area contributed by atoms with E-state index < -0.39 is 0 Å². The molecule has 1 aliphatic carbocycles. The molecule has 0 spiro atoms. The van der Waals surface area contributed by atoms with Gasteiger partial charge in [-0.2, -0.15) is 0 Å². The Hall–Kier alpha value is -1.97. The van der Waals surface area contributed by atoms with Gasteiger partial charge in [0.25, 0.3) is 0 Å². The Bertz CT molecular complexity index is 861. The van der Waals surface area contributed by atoms with Gasteiger partial charge in [-0.05, 0) is 71.6 Å². The first-order valence-corrected chi connectivity index (χ1v) is 10.5. The molecule has 0 saturated carbocycles. The lowest BCUT2D eigenvalue weighted by atomic mass is 9.80. The van der Waals surface area contributed by atoms with Gasteiger partial charge in [-0.3, -0.25) is 4.90 Å². The summed E-state index contributed by atoms with van der Waals surface area (Å²) in [6.45, 7) is 8.21. The van der Waals surface area contributed by atoms with Crippen LogP contribution in [0.25, 0.3) is 5.57 Å². The Kier molecular flexibility index (Phi) is 5.39. The minimum Gasteiger partial charge on any atom is -0.379 e. The van der Waals surface area contributed by atoms with Gasteiger partial charge in [-0.1, -0.05) is 50.3 Å². The standard InChI is InChI=1S/C25H30FNO/c1-16(2)20-6-9-22-23(18-4-7-21(26)8-5-18)15-24(25(22)14-20)19-10-12-27(13-11-19)17(3)28/h4-9,14-17,19,24,28H,10-13H2,1-3H3. The van der Waals surface area contributed by atoms with Crippen LogP contribution in [0, 0.1) is 11.7 Å². The van der Waals surface area contributed by atoms with Crippen LogP contribution < -0.4 is 0 Å². The van der Waals surface area contributed by atoms with E-state index in [1.165, 1.54) is 22.3 Å². The van der Waals surface area contributed by atoms with Crippen LogP contribution >= 0.6 is 0 Å². The smallest absolute Gasteiger partial charge is 0.123 e. The van der Waals surface area contributed by atoms with Crippen LogP contribution in [0.15, 0.2) is 48.5 Å². The second-order valence-electron chi connectivity index (χ2n) is 8.62. The molecule has 0 radical (unpaired) electrons. The normalized spacial score (nSPS) is 21.6. The zero-order valence-corrected chi connectivity index (χ0v) is 17.0. The van der Waals surface area contributed by atoms with Crippen molar-refractivity contribution in [2.75, 3.05) is 13.1 Å². The molecule has 2 aliphatic rings. The molecule has 1 saturated heterocycles. The van der Waals surface area contributed by atoms with Crippen molar-refractivity contribution in [1.82, 2.24) is 4.90 Å². The van der Waals surface area contributed by atoms with E-state index in [1.807, 2.05) is 19.1 Å². The lowest BCUT2D eigenvalue weighted by molar-refractivity contribution is -0.00446. The van der Waals surface area contributed by atoms with E-state index >= 15 is 0 Å². The summed E-state index contributed by atoms with van der Waals surface area (Å²) < 4.78 is 13.4. The first kappa shape index (κ1) is 19.4. The van der Waals surface area contributed by atoms with Crippen LogP contribution in [0.4, 0.5) is 4.39 Å². The molecule has 2 unspecified atom stereocenters. The van der Waals surface area contributed by atoms with Gasteiger partial charge in [-0.15, -0.1) is 0 Å². The second-order valence-corrected chi connectivity index (χ2v) is 8.62. The Morgan fingerprint density at radius 2 is 1.68 bits per heavy atom. The van der Waals surface area contributed by atoms with Crippen LogP contribution in [0.2, 0.25) is 0 Å². The van der Waals surface area contributed by atoms with E-state index in [1.54, 1.807) is 12.1 Å². The van der Waals surface area contributed by atoms with Gasteiger partial charge in [0.15, 0.2) is 0 Å². The summed E-state index contributed by atoms with van der Waals surface area (Å²) in [6, 6.07) is 13.8. The molecule has 2 aromatic carbocycles. The molecule has 148 valence electrons. The number of hydrogen-bond acceptors (Lipinski definition) is 2. The lowest BCUT2D eigenvalue weighted by Gasteiger charge is -2.36. The molecule has 4 rings (SSSR count). The van der Waals surface area contributed by atoms with Crippen molar-refractivity contribution in [2.24, 2.45) is 5.92 Å². The van der Waals surface area contributed by atoms with Gasteiger partial charge >= 0.3 is 0 Å². The molecular weight excluding hydrogens is 349 g/mol. The largest absolute Gasteiger partial charge is 0.379 e. The number of aliphatic hydroxyl groups is 1. The van der Waals surface area contributed by atoms with Crippen LogP contribution in [-0.4, -0.2) is 29.3 Å². The molecule has 2 nitrogen and oxygen atoms in total. The number of nitrogens with zero attached hydrogens (tertiary/aromatic N) is 1. The molecule has 3 heteroatoms. The number of fused-ring (bicyclic) bond motifs is 1. The van der Waals surface area contributed by atoms with E-state index in [2.05, 4.69) is 43.0 Å². The van der Waals surface area contributed by atoms with Gasteiger partial charge in [0.05, 0.1) is 0 Å². The number of allylic oxidation sites excluding steroid dienone is 1. The fourth-order valence-corrected chi connectivity index (χ4v) is 4.74. The minimum absolute atomic E-state index is 0.195. The third-order valence-electron chi connectivity index (χ3n) is 6.50. The zero-order chi connectivity index (χ0) is 19.8. The summed E-state index contributed by atoms with van der Waals surface area (Å²) in [6.07, 6.45) is 4.22. The quantitative estimate of drug-likeness (QED) is 0.755. The number of rotatable bonds is 4. The summed E-state index contributed by atoms with van der Waals surface area (Å²) >= 11 is 0. The minimum atomic E-state index is -0.366. The summed E-state index contributed by atoms with van der Waals surface area (Å²) in [5, 5.41) is 9.88. The van der Waals surface area contributed by atoms with Crippen LogP contribution in [0.1, 0.15) is 67.7 Å². The van der Waals surface area contributed by atoms with Gasteiger partial charge in [0.2, 0.25) is 0 Å². The number of piperidine rings is 1. The Balaban J connectivity index is 1.69. The van der Waals surface area contributed by atoms with Crippen LogP contribution in [-0.2, 0) is 0 Å². The molecule has 2 aromatic rings. The Labute approximate surface area is 167 Å². The van der Waals surface area contributed by atoms with Crippen molar-refractivity contribution in [3.05, 3.63) is 76.6 Å². The lowest BCUT2D eigenvalue weighted by Crippen LogP contribution is -2.40. The molecule has 1 N–H and O–H groups in total. The first-order chi connectivity index (χ1) is 13.4. The first-order valence-electron chi connectivity index (χ1n) is 10.5. The molecule has 1 fully saturated rings. The molecular formula is C25H30FNO. The van der Waals surface area contributed by atoms with E-state index in [0.29, 0.717) is 17.8 Å². The number of hydrogen-bond donors (Lipinski definition) is 1. The van der Waals surface area contributed by atoms with Gasteiger partial charge in [0.1, 0.15) is 12.0 Å². The Morgan fingerprint density at radius 1 is 1.00 bits per heavy atom. The highest BCUT2D eigenvalue weighted by Gasteiger charge is 2.33. The summed E-state index contributed by atoms with van der Waals surface area (Å²) in [7, 11) is 0. The van der Waals surface area contributed by atoms with Crippen LogP contribution in [0.3, 0.4) is 0 Å². The van der Waals surface area contributed by atoms with Crippen molar-refractivity contribution in [1.29, 1.82) is 0 Å². The van der Waals surface area contributed by atoms with Gasteiger partial charge < -0.3 is 5.11 Å². The molecule has 0 bridgehead atoms. The van der Waals surface area contributed by atoms with E-state index in [0.717, 1.165) is 31.5 Å². The highest BCUT2D eigenvalue weighted by atomic mass is 19.1. The highest BCUT2D eigenvalue weighted by Crippen LogP contribution is 2.46. The van der Waals surface area contributed by atoms with E-state index in [-0.39, 0.29) is 12.0 Å². The maximum absolute atomic E-state index is 13.4. The monoisotopic (exact) mass is 379 g/mol. The maximum atomic E-state index is 13.4. The number of likely N-dealkylation sites (tertiary alicyclic amines) is 1. The summed E-state index contributed by atoms with van der Waals surface area (Å²) in [5.74, 6) is 1.27. The van der Waals surface area contributed by atoms with Crippen LogP contribution in [0.5, 0.6) is 0 Å². The average molecular weight is 380 g/mol. The topological polar surface area (TPSA) is 23.5 Å². The number of benzene rings is 2. The number of halogens is 1. The fourth-order valence-electron chi connectivity index (χ4n) is 4.74. The highest BCUT2D eigenvalue weighted by molar-refractivity contribution is 5.86. The molecule has 0 aromatic heterocycles. The second kappa shape index (κ2) is 7.81.